The second-order valence-electron chi connectivity index (χ2n) is 15.5. The van der Waals surface area contributed by atoms with Gasteiger partial charge in [-0.05, 0) is 87.6 Å². The van der Waals surface area contributed by atoms with Crippen molar-refractivity contribution in [2.75, 3.05) is 51.0 Å². The molecule has 5 rings (SSSR count). The lowest BCUT2D eigenvalue weighted by Gasteiger charge is -2.28. The van der Waals surface area contributed by atoms with Crippen LogP contribution in [0.1, 0.15) is 106 Å². The van der Waals surface area contributed by atoms with Crippen molar-refractivity contribution in [2.24, 2.45) is 5.92 Å². The molecule has 2 fully saturated rings. The molecule has 0 radical (unpaired) electrons. The molecule has 1 saturated carbocycles. The number of aryl methyl sites for hydroxylation is 1. The maximum atomic E-state index is 13.6. The van der Waals surface area contributed by atoms with E-state index in [1.807, 2.05) is 60.2 Å². The number of nitrogens with one attached hydrogen (secondary N) is 3. The molecule has 3 N–H and O–H groups in total. The van der Waals surface area contributed by atoms with Crippen molar-refractivity contribution in [2.45, 2.75) is 110 Å². The molecular formula is C44H60N6O10S. The van der Waals surface area contributed by atoms with Crippen LogP contribution in [0.5, 0.6) is 0 Å². The molecule has 1 aromatic carbocycles. The van der Waals surface area contributed by atoms with Gasteiger partial charge in [0.2, 0.25) is 17.7 Å². The average Bonchev–Trinajstić information content (AvgIpc) is 3.94. The third-order valence-electron chi connectivity index (χ3n) is 10.9. The number of carbonyl (C=O) groups excluding carboxylic acids is 7. The number of hydrogen-bond donors (Lipinski definition) is 3. The molecule has 16 nitrogen and oxygen atoms in total. The highest BCUT2D eigenvalue weighted by Crippen LogP contribution is 2.28. The number of thiophene rings is 1. The van der Waals surface area contributed by atoms with Gasteiger partial charge < -0.3 is 39.7 Å². The van der Waals surface area contributed by atoms with Crippen molar-refractivity contribution in [3.8, 4) is 0 Å². The first-order chi connectivity index (χ1) is 29.5. The number of anilines is 1. The van der Waals surface area contributed by atoms with Gasteiger partial charge in [0.15, 0.2) is 0 Å². The van der Waals surface area contributed by atoms with Gasteiger partial charge in [0.25, 0.3) is 17.7 Å². The Kier molecular flexibility index (Phi) is 18.7. The largest absolute Gasteiger partial charge is 0.378 e. The van der Waals surface area contributed by atoms with Crippen LogP contribution in [-0.2, 0) is 49.6 Å². The van der Waals surface area contributed by atoms with Crippen LogP contribution in [0.3, 0.4) is 0 Å². The van der Waals surface area contributed by atoms with Gasteiger partial charge in [-0.15, -0.1) is 16.4 Å². The molecule has 1 aliphatic carbocycles. The zero-order valence-corrected chi connectivity index (χ0v) is 36.2. The Balaban J connectivity index is 0.862. The zero-order chi connectivity index (χ0) is 43.6. The van der Waals surface area contributed by atoms with Crippen LogP contribution in [0.15, 0.2) is 41.8 Å². The second-order valence-corrected chi connectivity index (χ2v) is 16.4. The molecule has 0 unspecified atom stereocenters. The van der Waals surface area contributed by atoms with E-state index in [1.54, 1.807) is 16.2 Å². The molecule has 3 aromatic rings. The third-order valence-corrected chi connectivity index (χ3v) is 11.7. The predicted octanol–water partition coefficient (Wildman–Crippen LogP) is 4.96. The van der Waals surface area contributed by atoms with Gasteiger partial charge in [0, 0.05) is 56.5 Å². The number of rotatable bonds is 25. The summed E-state index contributed by atoms with van der Waals surface area (Å²) in [5, 5.41) is 11.6. The van der Waals surface area contributed by atoms with Crippen LogP contribution in [0, 0.1) is 12.8 Å². The lowest BCUT2D eigenvalue weighted by molar-refractivity contribution is -0.198. The summed E-state index contributed by atoms with van der Waals surface area (Å²) in [5.74, 6) is -2.11. The predicted molar refractivity (Wildman–Crippen MR) is 229 cm³/mol. The Bertz CT molecular complexity index is 1960. The highest BCUT2D eigenvalue weighted by atomic mass is 32.1. The van der Waals surface area contributed by atoms with E-state index in [0.29, 0.717) is 69.1 Å². The number of aromatic nitrogens is 1. The van der Waals surface area contributed by atoms with Crippen LogP contribution < -0.4 is 20.9 Å². The number of hydrogen-bond acceptors (Lipinski definition) is 11. The average molecular weight is 865 g/mol. The minimum Gasteiger partial charge on any atom is -0.378 e. The molecule has 61 heavy (non-hydrogen) atoms. The normalized spacial score (nSPS) is 16.5. The Hall–Kier alpha value is -5.13. The molecule has 0 atom stereocenters. The second kappa shape index (κ2) is 24.3. The van der Waals surface area contributed by atoms with Gasteiger partial charge >= 0.3 is 5.97 Å². The van der Waals surface area contributed by atoms with Gasteiger partial charge in [0.1, 0.15) is 12.2 Å². The van der Waals surface area contributed by atoms with Crippen molar-refractivity contribution >= 4 is 68.7 Å². The zero-order valence-electron chi connectivity index (χ0n) is 35.4. The maximum Gasteiger partial charge on any atom is 0.335 e. The molecular weight excluding hydrogens is 805 g/mol. The van der Waals surface area contributed by atoms with Crippen LogP contribution in [0.25, 0.3) is 10.2 Å². The summed E-state index contributed by atoms with van der Waals surface area (Å²) >= 11 is 1.54. The molecule has 2 aliphatic rings. The van der Waals surface area contributed by atoms with Crippen molar-refractivity contribution in [1.82, 2.24) is 25.6 Å². The smallest absolute Gasteiger partial charge is 0.335 e. The van der Waals surface area contributed by atoms with E-state index in [-0.39, 0.29) is 81.2 Å². The summed E-state index contributed by atoms with van der Waals surface area (Å²) in [6.07, 6.45) is 7.75. The van der Waals surface area contributed by atoms with Crippen molar-refractivity contribution in [3.63, 3.8) is 0 Å². The maximum absolute atomic E-state index is 13.6. The van der Waals surface area contributed by atoms with E-state index in [4.69, 9.17) is 14.3 Å². The SMILES string of the molecule is CCN(C(=O)Cn1c(C(=O)N[C@H]2CC[C@H](C(=O)NCCCCCCCC(=O)NCCOCCOCCC(=O)ON3C(=O)CCC3=O)CC2)cc2sccc21)c1cccc(C)c1. The molecule has 0 spiro atoms. The number of amides is 6. The van der Waals surface area contributed by atoms with Gasteiger partial charge in [-0.2, -0.15) is 0 Å². The number of nitrogens with zero attached hydrogens (tertiary/aromatic N) is 3. The number of imide groups is 1. The quantitative estimate of drug-likeness (QED) is 0.0775. The summed E-state index contributed by atoms with van der Waals surface area (Å²) in [6, 6.07) is 11.6. The highest BCUT2D eigenvalue weighted by Gasteiger charge is 2.33. The first-order valence-electron chi connectivity index (χ1n) is 21.5. The van der Waals surface area contributed by atoms with Gasteiger partial charge in [-0.1, -0.05) is 31.4 Å². The number of unbranched alkanes of at least 4 members (excludes halogenated alkanes) is 4. The number of carbonyl (C=O) groups is 7. The topological polar surface area (TPSA) is 195 Å². The fourth-order valence-corrected chi connectivity index (χ4v) is 8.37. The first kappa shape index (κ1) is 46.9. The number of likely N-dealkylation sites (N-methyl/N-ethyl adjacent to an activating group) is 1. The molecule has 17 heteroatoms. The summed E-state index contributed by atoms with van der Waals surface area (Å²) in [5.41, 5.74) is 3.24. The van der Waals surface area contributed by atoms with E-state index >= 15 is 0 Å². The van der Waals surface area contributed by atoms with Crippen LogP contribution >= 0.6 is 11.3 Å². The lowest BCUT2D eigenvalue weighted by Crippen LogP contribution is -2.42. The molecule has 0 bridgehead atoms. The molecule has 1 aliphatic heterocycles. The summed E-state index contributed by atoms with van der Waals surface area (Å²) in [4.78, 5) is 93.4. The molecule has 2 aromatic heterocycles. The number of hydroxylamine groups is 2. The molecule has 6 amide bonds. The summed E-state index contributed by atoms with van der Waals surface area (Å²) in [7, 11) is 0. The lowest BCUT2D eigenvalue weighted by atomic mass is 9.85. The van der Waals surface area contributed by atoms with E-state index in [0.717, 1.165) is 53.6 Å². The van der Waals surface area contributed by atoms with Crippen LogP contribution in [-0.4, -0.2) is 103 Å². The van der Waals surface area contributed by atoms with E-state index in [1.165, 1.54) is 0 Å². The standard InChI is InChI=1S/C44H60N6O10S/c1-3-48(34-11-9-10-31(2)28-34)41(54)30-49-35-20-27-61-37(35)29-36(49)44(57)47-33-15-13-32(14-16-33)43(56)46-21-8-6-4-5-7-12-38(51)45-22-24-59-26-25-58-23-19-42(55)60-50-39(52)17-18-40(50)53/h9-11,20,27-29,32-33H,3-8,12-19,21-26,30H2,1-2H3,(H,45,51)(H,46,56)(H,47,57)/t32-,33-. The Morgan fingerprint density at radius 1 is 0.820 bits per heavy atom. The number of ether oxygens (including phenoxy) is 2. The van der Waals surface area contributed by atoms with Gasteiger partial charge in [-0.3, -0.25) is 28.8 Å². The fourth-order valence-electron chi connectivity index (χ4n) is 7.54. The van der Waals surface area contributed by atoms with Gasteiger partial charge in [-0.25, -0.2) is 4.79 Å². The van der Waals surface area contributed by atoms with Gasteiger partial charge in [0.05, 0.1) is 43.1 Å². The Morgan fingerprint density at radius 2 is 1.54 bits per heavy atom. The summed E-state index contributed by atoms with van der Waals surface area (Å²) in [6.45, 7) is 6.42. The van der Waals surface area contributed by atoms with Crippen LogP contribution in [0.4, 0.5) is 5.69 Å². The number of fused-ring (bicyclic) bond motifs is 1. The number of benzene rings is 1. The van der Waals surface area contributed by atoms with Crippen molar-refractivity contribution in [1.29, 1.82) is 0 Å². The van der Waals surface area contributed by atoms with Crippen molar-refractivity contribution < 1.29 is 47.9 Å². The minimum absolute atomic E-state index is 0.0335. The van der Waals surface area contributed by atoms with E-state index in [9.17, 15) is 33.6 Å². The molecule has 1 saturated heterocycles. The highest BCUT2D eigenvalue weighted by molar-refractivity contribution is 7.17. The molecule has 332 valence electrons. The fraction of sp³-hybridized carbons (Fsp3) is 0.568. The van der Waals surface area contributed by atoms with E-state index < -0.39 is 17.8 Å². The van der Waals surface area contributed by atoms with Crippen molar-refractivity contribution in [3.05, 3.63) is 53.0 Å². The summed E-state index contributed by atoms with van der Waals surface area (Å²) < 4.78 is 13.5. The molecule has 3 heterocycles. The Labute approximate surface area is 360 Å². The Morgan fingerprint density at radius 3 is 2.28 bits per heavy atom. The van der Waals surface area contributed by atoms with Crippen LogP contribution in [0.2, 0.25) is 0 Å². The first-order valence-corrected chi connectivity index (χ1v) is 22.4. The minimum atomic E-state index is -0.721. The monoisotopic (exact) mass is 864 g/mol. The third kappa shape index (κ3) is 14.5. The van der Waals surface area contributed by atoms with E-state index in [2.05, 4.69) is 16.0 Å².